The largest absolute Gasteiger partial charge is 0.461 e. The number of rotatable bonds is 3. The summed E-state index contributed by atoms with van der Waals surface area (Å²) in [5.41, 5.74) is 4.38. The topological polar surface area (TPSA) is 83.0 Å². The van der Waals surface area contributed by atoms with Crippen LogP contribution in [0.3, 0.4) is 0 Å². The molecule has 6 nitrogen and oxygen atoms in total. The van der Waals surface area contributed by atoms with E-state index in [1.54, 1.807) is 19.1 Å². The normalized spacial score (nSPS) is 11.7. The molecule has 0 saturated heterocycles. The first kappa shape index (κ1) is 16.7. The maximum atomic E-state index is 13.3. The van der Waals surface area contributed by atoms with Crippen molar-refractivity contribution in [1.82, 2.24) is 14.8 Å². The van der Waals surface area contributed by atoms with E-state index in [0.29, 0.717) is 16.1 Å². The quantitative estimate of drug-likeness (QED) is 0.734. The SMILES string of the molecule is CCOC(=O)c1cc(C(F)(F)F)n(-c2ccc3ccnc(N)c3c2)n1. The monoisotopic (exact) mass is 350 g/mol. The number of fused-ring (bicyclic) bond motifs is 1. The molecule has 130 valence electrons. The van der Waals surface area contributed by atoms with Crippen molar-refractivity contribution in [3.05, 3.63) is 47.9 Å². The fraction of sp³-hybridized carbons (Fsp3) is 0.188. The summed E-state index contributed by atoms with van der Waals surface area (Å²) in [4.78, 5) is 15.7. The summed E-state index contributed by atoms with van der Waals surface area (Å²) in [6, 6.07) is 6.85. The molecule has 0 amide bonds. The number of halogens is 3. The van der Waals surface area contributed by atoms with Crippen molar-refractivity contribution in [2.75, 3.05) is 12.3 Å². The Hall–Kier alpha value is -3.10. The smallest absolute Gasteiger partial charge is 0.433 e. The summed E-state index contributed by atoms with van der Waals surface area (Å²) in [5, 5.41) is 4.97. The van der Waals surface area contributed by atoms with Crippen LogP contribution in [0.15, 0.2) is 36.5 Å². The van der Waals surface area contributed by atoms with Gasteiger partial charge in [-0.1, -0.05) is 6.07 Å². The molecule has 0 aliphatic rings. The molecule has 0 radical (unpaired) electrons. The third-order valence-electron chi connectivity index (χ3n) is 3.51. The summed E-state index contributed by atoms with van der Waals surface area (Å²) < 4.78 is 45.4. The van der Waals surface area contributed by atoms with Crippen molar-refractivity contribution < 1.29 is 22.7 Å². The van der Waals surface area contributed by atoms with Crippen LogP contribution in [0.5, 0.6) is 0 Å². The summed E-state index contributed by atoms with van der Waals surface area (Å²) >= 11 is 0. The summed E-state index contributed by atoms with van der Waals surface area (Å²) in [6.45, 7) is 1.59. The van der Waals surface area contributed by atoms with Crippen LogP contribution < -0.4 is 5.73 Å². The first-order valence-electron chi connectivity index (χ1n) is 7.30. The number of benzene rings is 1. The van der Waals surface area contributed by atoms with E-state index in [2.05, 4.69) is 10.1 Å². The number of esters is 1. The Morgan fingerprint density at radius 1 is 1.28 bits per heavy atom. The van der Waals surface area contributed by atoms with Gasteiger partial charge in [0.1, 0.15) is 11.5 Å². The number of nitrogens with two attached hydrogens (primary N) is 1. The van der Waals surface area contributed by atoms with Gasteiger partial charge in [-0.05, 0) is 30.5 Å². The molecule has 0 unspecified atom stereocenters. The first-order chi connectivity index (χ1) is 11.8. The number of carbonyl (C=O) groups excluding carboxylic acids is 1. The second-order valence-corrected chi connectivity index (χ2v) is 5.15. The van der Waals surface area contributed by atoms with Gasteiger partial charge in [-0.2, -0.15) is 18.3 Å². The first-order valence-corrected chi connectivity index (χ1v) is 7.30. The van der Waals surface area contributed by atoms with Crippen LogP contribution >= 0.6 is 0 Å². The molecule has 1 aromatic carbocycles. The van der Waals surface area contributed by atoms with Crippen LogP contribution in [0, 0.1) is 0 Å². The van der Waals surface area contributed by atoms with Crippen molar-refractivity contribution in [2.45, 2.75) is 13.1 Å². The van der Waals surface area contributed by atoms with E-state index >= 15 is 0 Å². The average Bonchev–Trinajstić information content (AvgIpc) is 3.01. The molecule has 0 saturated carbocycles. The van der Waals surface area contributed by atoms with E-state index in [0.717, 1.165) is 5.39 Å². The van der Waals surface area contributed by atoms with Crippen molar-refractivity contribution >= 4 is 22.6 Å². The Bertz CT molecular complexity index is 950. The van der Waals surface area contributed by atoms with Crippen LogP contribution in [0.1, 0.15) is 23.1 Å². The summed E-state index contributed by atoms with van der Waals surface area (Å²) in [5.74, 6) is -0.737. The molecule has 0 aliphatic heterocycles. The van der Waals surface area contributed by atoms with Gasteiger partial charge in [-0.3, -0.25) is 0 Å². The number of carbonyl (C=O) groups is 1. The molecule has 3 rings (SSSR count). The molecule has 25 heavy (non-hydrogen) atoms. The minimum Gasteiger partial charge on any atom is -0.461 e. The second kappa shape index (κ2) is 6.08. The van der Waals surface area contributed by atoms with E-state index in [1.807, 2.05) is 0 Å². The fourth-order valence-electron chi connectivity index (χ4n) is 2.40. The number of pyridine rings is 1. The lowest BCUT2D eigenvalue weighted by atomic mass is 10.1. The lowest BCUT2D eigenvalue weighted by Gasteiger charge is -2.11. The van der Waals surface area contributed by atoms with Crippen LogP contribution in [-0.2, 0) is 10.9 Å². The predicted molar refractivity (Wildman–Crippen MR) is 84.2 cm³/mol. The van der Waals surface area contributed by atoms with Gasteiger partial charge < -0.3 is 10.5 Å². The molecule has 3 aromatic rings. The standard InChI is InChI=1S/C16H13F3N4O2/c1-2-25-15(24)12-8-13(16(17,18)19)23(22-12)10-4-3-9-5-6-21-14(20)11(9)7-10/h3-8H,2H2,1H3,(H2,20,21). The highest BCUT2D eigenvalue weighted by molar-refractivity contribution is 5.92. The van der Waals surface area contributed by atoms with Crippen LogP contribution in [0.4, 0.5) is 19.0 Å². The summed E-state index contributed by atoms with van der Waals surface area (Å²) in [7, 11) is 0. The number of aromatic nitrogens is 3. The Balaban J connectivity index is 2.18. The van der Waals surface area contributed by atoms with Crippen LogP contribution in [0.2, 0.25) is 0 Å². The number of ether oxygens (including phenoxy) is 1. The van der Waals surface area contributed by atoms with Gasteiger partial charge in [0.25, 0.3) is 0 Å². The highest BCUT2D eigenvalue weighted by atomic mass is 19.4. The molecule has 2 N–H and O–H groups in total. The molecule has 0 spiro atoms. The summed E-state index contributed by atoms with van der Waals surface area (Å²) in [6.07, 6.45) is -3.20. The molecule has 0 fully saturated rings. The fourth-order valence-corrected chi connectivity index (χ4v) is 2.40. The molecular formula is C16H13F3N4O2. The minimum absolute atomic E-state index is 0.0330. The van der Waals surface area contributed by atoms with Crippen LogP contribution in [0.25, 0.3) is 16.5 Å². The lowest BCUT2D eigenvalue weighted by molar-refractivity contribution is -0.142. The van der Waals surface area contributed by atoms with Gasteiger partial charge in [0.2, 0.25) is 0 Å². The number of alkyl halides is 3. The van der Waals surface area contributed by atoms with Crippen molar-refractivity contribution in [2.24, 2.45) is 0 Å². The Labute approximate surface area is 140 Å². The third-order valence-corrected chi connectivity index (χ3v) is 3.51. The molecule has 0 atom stereocenters. The molecule has 2 aromatic heterocycles. The average molecular weight is 350 g/mol. The van der Waals surface area contributed by atoms with Crippen LogP contribution in [-0.4, -0.2) is 27.3 Å². The van der Waals surface area contributed by atoms with Crippen molar-refractivity contribution in [3.63, 3.8) is 0 Å². The number of nitrogen functional groups attached to an aromatic ring is 1. The molecule has 0 aliphatic carbocycles. The maximum absolute atomic E-state index is 13.3. The number of anilines is 1. The Morgan fingerprint density at radius 3 is 2.72 bits per heavy atom. The van der Waals surface area contributed by atoms with Gasteiger partial charge in [-0.25, -0.2) is 14.5 Å². The second-order valence-electron chi connectivity index (χ2n) is 5.15. The third kappa shape index (κ3) is 3.12. The molecule has 0 bridgehead atoms. The Morgan fingerprint density at radius 2 is 2.04 bits per heavy atom. The van der Waals surface area contributed by atoms with Gasteiger partial charge in [0.05, 0.1) is 12.3 Å². The van der Waals surface area contributed by atoms with Gasteiger partial charge in [0, 0.05) is 17.6 Å². The predicted octanol–water partition coefficient (Wildman–Crippen LogP) is 3.20. The van der Waals surface area contributed by atoms with E-state index in [-0.39, 0.29) is 18.1 Å². The minimum atomic E-state index is -4.70. The zero-order valence-electron chi connectivity index (χ0n) is 13.0. The van der Waals surface area contributed by atoms with Gasteiger partial charge >= 0.3 is 12.1 Å². The Kier molecular flexibility index (Phi) is 4.07. The molecular weight excluding hydrogens is 337 g/mol. The maximum Gasteiger partial charge on any atom is 0.433 e. The van der Waals surface area contributed by atoms with Gasteiger partial charge in [-0.15, -0.1) is 0 Å². The zero-order valence-corrected chi connectivity index (χ0v) is 13.0. The zero-order chi connectivity index (χ0) is 18.2. The van der Waals surface area contributed by atoms with Crippen molar-refractivity contribution in [1.29, 1.82) is 0 Å². The lowest BCUT2D eigenvalue weighted by Crippen LogP contribution is -2.13. The van der Waals surface area contributed by atoms with Gasteiger partial charge in [0.15, 0.2) is 5.69 Å². The van der Waals surface area contributed by atoms with E-state index < -0.39 is 23.5 Å². The van der Waals surface area contributed by atoms with E-state index in [4.69, 9.17) is 10.5 Å². The highest BCUT2D eigenvalue weighted by Crippen LogP contribution is 2.32. The van der Waals surface area contributed by atoms with Crippen molar-refractivity contribution in [3.8, 4) is 5.69 Å². The van der Waals surface area contributed by atoms with E-state index in [9.17, 15) is 18.0 Å². The number of hydrogen-bond donors (Lipinski definition) is 1. The van der Waals surface area contributed by atoms with E-state index in [1.165, 1.54) is 18.3 Å². The molecule has 9 heteroatoms. The number of hydrogen-bond acceptors (Lipinski definition) is 5. The number of nitrogens with zero attached hydrogens (tertiary/aromatic N) is 3. The molecule has 2 heterocycles. The highest BCUT2D eigenvalue weighted by Gasteiger charge is 2.37.